The van der Waals surface area contributed by atoms with Gasteiger partial charge in [-0.1, -0.05) is 102 Å². The number of carbonyl (C=O) groups is 10. The van der Waals surface area contributed by atoms with Crippen molar-refractivity contribution in [2.75, 3.05) is 151 Å². The van der Waals surface area contributed by atoms with E-state index in [4.69, 9.17) is 27.5 Å². The molecule has 109 heavy (non-hydrogen) atoms. The lowest BCUT2D eigenvalue weighted by Crippen LogP contribution is -2.49. The summed E-state index contributed by atoms with van der Waals surface area (Å²) in [4.78, 5) is 137. The van der Waals surface area contributed by atoms with Crippen LogP contribution in [0.25, 0.3) is 0 Å². The number of hydrogen-bond donors (Lipinski definition) is 8. The van der Waals surface area contributed by atoms with Crippen LogP contribution in [0.3, 0.4) is 0 Å². The van der Waals surface area contributed by atoms with Crippen LogP contribution in [-0.2, 0) is 93.7 Å². The van der Waals surface area contributed by atoms with Gasteiger partial charge in [-0.05, 0) is 154 Å². The highest BCUT2D eigenvalue weighted by Crippen LogP contribution is 2.16. The van der Waals surface area contributed by atoms with Crippen LogP contribution < -0.4 is 43.4 Å². The first-order chi connectivity index (χ1) is 51.5. The molecule has 10 amide bonds. The molecule has 34 heteroatoms. The molecule has 0 unspecified atom stereocenters. The zero-order chi connectivity index (χ0) is 80.8. The molecule has 13 N–H and O–H groups in total. The number of carbonyl (C=O) groups excluding carboxylic acids is 10. The van der Waals surface area contributed by atoms with E-state index in [1.54, 1.807) is 65.6 Å². The quantitative estimate of drug-likeness (QED) is 0.0283. The molecule has 6 rings (SSSR count). The number of sulfonamides is 2. The Kier molecular flexibility index (Phi) is 40.6. The Bertz CT molecular complexity index is 3840. The van der Waals surface area contributed by atoms with Gasteiger partial charge in [-0.3, -0.25) is 47.9 Å². The first kappa shape index (κ1) is 92.5. The molecule has 30 nitrogen and oxygen atoms in total. The minimum Gasteiger partial charge on any atom is -0.368 e. The first-order valence-corrected chi connectivity index (χ1v) is 39.9. The Hall–Kier alpha value is -8.90. The van der Waals surface area contributed by atoms with Crippen LogP contribution in [0.1, 0.15) is 95.9 Å². The standard InChI is InChI=1S/C26H36FN5O5S.C25H38FN5O4.C24H40N6O5S/c1-19(2)16-32(25(34)15-30-13-11-21-5-3-4-6-23(21)27)18-26(35)31(17-24(28)33)14-12-20-7-9-22(10-8-20)38(29,36)37;1-19(2)16-31(24(34)15-28-11-10-20-7-3-4-8-21(20)26)18-25(35)30(17-22(27)32)14-6-13-29-12-5-9-23(29)33;1-19(2)16-30(23(32)15-27-10-14-28-11-3-4-12-28)18-24(33)29(17-22(25)31)13-9-20-5-7-21(8-6-20)36(26,34)35/h3-10,19,30H,11-18H2,1-2H3,(H2,28,33)(H2,29,36,37);3-4,7-8,19,28H,5-6,9-18H2,1-2H3,(H2,27,32);5-8,19,27H,3-4,9-18H2,1-2H3,(H2,25,31)(H2,26,34,35). The van der Waals surface area contributed by atoms with Gasteiger partial charge in [0.25, 0.3) is 0 Å². The summed E-state index contributed by atoms with van der Waals surface area (Å²) in [5.41, 5.74) is 18.7. The Morgan fingerprint density at radius 3 is 1.10 bits per heavy atom. The number of nitrogens with one attached hydrogen (secondary N) is 3. The van der Waals surface area contributed by atoms with E-state index in [0.29, 0.717) is 102 Å². The summed E-state index contributed by atoms with van der Waals surface area (Å²) in [6, 6.07) is 24.8. The van der Waals surface area contributed by atoms with Crippen molar-refractivity contribution >= 4 is 79.1 Å². The van der Waals surface area contributed by atoms with E-state index in [1.165, 1.54) is 78.6 Å². The molecule has 2 saturated heterocycles. The van der Waals surface area contributed by atoms with Gasteiger partial charge >= 0.3 is 0 Å². The maximum absolute atomic E-state index is 13.8. The van der Waals surface area contributed by atoms with Gasteiger partial charge in [-0.2, -0.15) is 0 Å². The van der Waals surface area contributed by atoms with Crippen molar-refractivity contribution in [3.63, 3.8) is 0 Å². The highest BCUT2D eigenvalue weighted by atomic mass is 32.2. The topological polar surface area (TPSA) is 431 Å². The fourth-order valence-electron chi connectivity index (χ4n) is 11.9. The average Bonchev–Trinajstić information content (AvgIpc) is 1.52. The molecule has 2 fully saturated rings. The summed E-state index contributed by atoms with van der Waals surface area (Å²) in [7, 11) is -7.62. The SMILES string of the molecule is CC(C)CN(CC(=O)N(CCCN1CCCC1=O)CC(N)=O)C(=O)CNCCc1ccccc1F.CC(C)CN(CC(=O)N(CCc1ccc(S(N)(=O)=O)cc1)CC(N)=O)C(=O)CNCCN1CCCC1.CC(C)CN(CC(=O)N(CCc1ccc(S(N)(=O)=O)cc1)CC(N)=O)C(=O)CNCCc1ccccc1F. The zero-order valence-corrected chi connectivity index (χ0v) is 65.5. The number of hydrogen-bond acceptors (Lipinski definition) is 18. The number of benzene rings is 4. The molecular weight excluding hydrogens is 1450 g/mol. The largest absolute Gasteiger partial charge is 0.368 e. The maximum Gasteiger partial charge on any atom is 0.242 e. The number of rotatable bonds is 45. The molecule has 2 aliphatic rings. The number of nitrogens with two attached hydrogens (primary N) is 5. The summed E-state index contributed by atoms with van der Waals surface area (Å²) in [6.45, 7) is 18.0. The van der Waals surface area contributed by atoms with Crippen LogP contribution in [0.5, 0.6) is 0 Å². The highest BCUT2D eigenvalue weighted by Gasteiger charge is 2.28. The Morgan fingerprint density at radius 1 is 0.431 bits per heavy atom. The maximum atomic E-state index is 13.8. The second-order valence-corrected chi connectivity index (χ2v) is 31.4. The van der Waals surface area contributed by atoms with Gasteiger partial charge in [-0.15, -0.1) is 0 Å². The molecule has 4 aromatic carbocycles. The van der Waals surface area contributed by atoms with Crippen LogP contribution in [0.15, 0.2) is 107 Å². The second kappa shape index (κ2) is 47.9. The van der Waals surface area contributed by atoms with E-state index in [9.17, 15) is 73.6 Å². The van der Waals surface area contributed by atoms with Crippen LogP contribution in [-0.4, -0.2) is 266 Å². The highest BCUT2D eigenvalue weighted by molar-refractivity contribution is 7.89. The van der Waals surface area contributed by atoms with Gasteiger partial charge in [0.15, 0.2) is 0 Å². The lowest BCUT2D eigenvalue weighted by atomic mass is 10.1. The van der Waals surface area contributed by atoms with Crippen molar-refractivity contribution in [3.8, 4) is 0 Å². The summed E-state index contributed by atoms with van der Waals surface area (Å²) in [5, 5.41) is 19.4. The van der Waals surface area contributed by atoms with Crippen LogP contribution in [0.2, 0.25) is 0 Å². The first-order valence-electron chi connectivity index (χ1n) is 36.8. The fraction of sp³-hybridized carbons (Fsp3) is 0.547. The minimum absolute atomic E-state index is 0.00630. The van der Waals surface area contributed by atoms with Gasteiger partial charge in [-0.25, -0.2) is 35.9 Å². The molecule has 0 atom stereocenters. The monoisotopic (exact) mass is 1560 g/mol. The molecule has 4 aromatic rings. The predicted octanol–water partition coefficient (Wildman–Crippen LogP) is 0.776. The summed E-state index contributed by atoms with van der Waals surface area (Å²) >= 11 is 0. The lowest BCUT2D eigenvalue weighted by molar-refractivity contribution is -0.142. The van der Waals surface area contributed by atoms with E-state index < -0.39 is 43.7 Å². The number of halogens is 2. The molecule has 0 spiro atoms. The van der Waals surface area contributed by atoms with Crippen LogP contribution in [0, 0.1) is 29.4 Å². The van der Waals surface area contributed by atoms with E-state index in [-0.39, 0.29) is 153 Å². The van der Waals surface area contributed by atoms with E-state index >= 15 is 0 Å². The number of amides is 10. The number of nitrogens with zero attached hydrogens (tertiary/aromatic N) is 8. The molecule has 0 saturated carbocycles. The molecule has 0 bridgehead atoms. The van der Waals surface area contributed by atoms with Gasteiger partial charge in [0, 0.05) is 71.9 Å². The Morgan fingerprint density at radius 2 is 0.780 bits per heavy atom. The van der Waals surface area contributed by atoms with Crippen molar-refractivity contribution in [1.29, 1.82) is 0 Å². The predicted molar refractivity (Wildman–Crippen MR) is 410 cm³/mol. The minimum atomic E-state index is -3.82. The van der Waals surface area contributed by atoms with E-state index in [0.717, 1.165) is 37.2 Å². The number of primary sulfonamides is 2. The molecule has 2 aliphatic heterocycles. The third-order valence-electron chi connectivity index (χ3n) is 17.5. The molecule has 2 heterocycles. The van der Waals surface area contributed by atoms with Crippen molar-refractivity contribution in [3.05, 3.63) is 131 Å². The normalized spacial score (nSPS) is 13.0. The Labute approximate surface area is 640 Å². The molecule has 0 aromatic heterocycles. The average molecular weight is 1570 g/mol. The number of primary amides is 3. The molecule has 604 valence electrons. The number of likely N-dealkylation sites (tertiary alicyclic amines) is 2. The van der Waals surface area contributed by atoms with Crippen molar-refractivity contribution in [2.45, 2.75) is 109 Å². The van der Waals surface area contributed by atoms with Crippen molar-refractivity contribution in [2.24, 2.45) is 45.2 Å². The fourth-order valence-corrected chi connectivity index (χ4v) is 13.0. The van der Waals surface area contributed by atoms with Crippen LogP contribution in [0.4, 0.5) is 8.78 Å². The van der Waals surface area contributed by atoms with Gasteiger partial charge in [0.05, 0.1) is 68.7 Å². The lowest BCUT2D eigenvalue weighted by Gasteiger charge is -2.28. The second-order valence-electron chi connectivity index (χ2n) is 28.3. The third-order valence-corrected chi connectivity index (χ3v) is 19.3. The summed E-state index contributed by atoms with van der Waals surface area (Å²) in [6.07, 6.45) is 5.90. The Balaban J connectivity index is 0.000000346. The summed E-state index contributed by atoms with van der Waals surface area (Å²) in [5.74, 6) is -3.96. The third kappa shape index (κ3) is 36.9. The van der Waals surface area contributed by atoms with Gasteiger partial charge in [0.2, 0.25) is 79.1 Å². The molecule has 0 radical (unpaired) electrons. The molecular formula is C75H114F2N16O14S2. The van der Waals surface area contributed by atoms with Gasteiger partial charge in [0.1, 0.15) is 11.6 Å². The smallest absolute Gasteiger partial charge is 0.242 e. The van der Waals surface area contributed by atoms with Crippen LogP contribution >= 0.6 is 0 Å². The van der Waals surface area contributed by atoms with E-state index in [1.807, 2.05) is 41.5 Å². The van der Waals surface area contributed by atoms with Crippen molar-refractivity contribution in [1.82, 2.24) is 55.1 Å². The molecule has 0 aliphatic carbocycles. The zero-order valence-electron chi connectivity index (χ0n) is 63.8. The van der Waals surface area contributed by atoms with Crippen molar-refractivity contribution < 1.29 is 73.6 Å². The summed E-state index contributed by atoms with van der Waals surface area (Å²) < 4.78 is 73.3. The van der Waals surface area contributed by atoms with Gasteiger partial charge < -0.3 is 72.4 Å². The van der Waals surface area contributed by atoms with E-state index in [2.05, 4.69) is 20.9 Å².